The molecular formula is C30H18N6. The Balaban J connectivity index is 1.48. The highest BCUT2D eigenvalue weighted by Crippen LogP contribution is 2.32. The van der Waals surface area contributed by atoms with Crippen LogP contribution in [-0.4, -0.2) is 31.4 Å². The van der Waals surface area contributed by atoms with Crippen molar-refractivity contribution in [3.05, 3.63) is 132 Å². The Hall–Kier alpha value is -5.10. The molecule has 0 saturated carbocycles. The maximum absolute atomic E-state index is 5.10. The van der Waals surface area contributed by atoms with Crippen LogP contribution < -0.4 is 0 Å². The third kappa shape index (κ3) is 3.44. The van der Waals surface area contributed by atoms with Gasteiger partial charge in [-0.3, -0.25) is 19.9 Å². The van der Waals surface area contributed by atoms with Crippen molar-refractivity contribution in [1.29, 1.82) is 0 Å². The molecule has 0 radical (unpaired) electrons. The number of rotatable bonds is 2. The van der Waals surface area contributed by atoms with Gasteiger partial charge in [0.15, 0.2) is 0 Å². The number of nitrogens with zero attached hydrogens (tertiary/aromatic N) is 6. The van der Waals surface area contributed by atoms with Gasteiger partial charge >= 0.3 is 0 Å². The van der Waals surface area contributed by atoms with E-state index in [0.717, 1.165) is 44.2 Å². The average molecular weight is 463 g/mol. The van der Waals surface area contributed by atoms with Gasteiger partial charge in [-0.15, -0.1) is 0 Å². The van der Waals surface area contributed by atoms with Crippen molar-refractivity contribution in [2.24, 2.45) is 9.98 Å². The van der Waals surface area contributed by atoms with Gasteiger partial charge in [0.25, 0.3) is 0 Å². The molecule has 0 amide bonds. The van der Waals surface area contributed by atoms with Gasteiger partial charge in [-0.1, -0.05) is 48.5 Å². The van der Waals surface area contributed by atoms with E-state index >= 15 is 0 Å². The monoisotopic (exact) mass is 462 g/mol. The van der Waals surface area contributed by atoms with E-state index < -0.39 is 0 Å². The minimum Gasteiger partial charge on any atom is -0.264 e. The largest absolute Gasteiger partial charge is 0.264 e. The molecule has 4 aromatic heterocycles. The van der Waals surface area contributed by atoms with Crippen LogP contribution >= 0.6 is 0 Å². The molecule has 0 spiro atoms. The zero-order valence-corrected chi connectivity index (χ0v) is 19.1. The van der Waals surface area contributed by atoms with E-state index in [2.05, 4.69) is 23.2 Å². The van der Waals surface area contributed by atoms with Gasteiger partial charge in [-0.25, -0.2) is 9.98 Å². The van der Waals surface area contributed by atoms with Crippen LogP contribution in [0.4, 0.5) is 11.4 Å². The fourth-order valence-electron chi connectivity index (χ4n) is 4.49. The van der Waals surface area contributed by atoms with Crippen LogP contribution in [0.25, 0.3) is 21.5 Å². The van der Waals surface area contributed by atoms with E-state index in [0.29, 0.717) is 22.8 Å². The highest BCUT2D eigenvalue weighted by atomic mass is 14.9. The van der Waals surface area contributed by atoms with E-state index in [4.69, 9.17) is 24.9 Å². The minimum absolute atomic E-state index is 0.665. The van der Waals surface area contributed by atoms with Crippen molar-refractivity contribution in [2.45, 2.75) is 0 Å². The summed E-state index contributed by atoms with van der Waals surface area (Å²) in [6.45, 7) is 0. The molecule has 0 aliphatic carbocycles. The zero-order valence-electron chi connectivity index (χ0n) is 19.1. The quantitative estimate of drug-likeness (QED) is 0.305. The fraction of sp³-hybridized carbons (Fsp3) is 0. The molecule has 2 aromatic carbocycles. The van der Waals surface area contributed by atoms with E-state index in [1.807, 2.05) is 73.1 Å². The average Bonchev–Trinajstić information content (AvgIpc) is 2.94. The van der Waals surface area contributed by atoms with Crippen LogP contribution in [0.2, 0.25) is 0 Å². The van der Waals surface area contributed by atoms with Crippen molar-refractivity contribution < 1.29 is 0 Å². The maximum atomic E-state index is 5.10. The van der Waals surface area contributed by atoms with Crippen LogP contribution in [0.3, 0.4) is 0 Å². The van der Waals surface area contributed by atoms with Crippen molar-refractivity contribution in [3.63, 3.8) is 0 Å². The molecule has 7 rings (SSSR count). The summed E-state index contributed by atoms with van der Waals surface area (Å²) in [5.74, 6) is 0. The smallest absolute Gasteiger partial charge is 0.117 e. The first-order valence-corrected chi connectivity index (χ1v) is 11.6. The molecule has 6 aromatic rings. The molecule has 0 atom stereocenters. The normalized spacial score (nSPS) is 15.7. The Morgan fingerprint density at radius 3 is 1.83 bits per heavy atom. The van der Waals surface area contributed by atoms with Crippen molar-refractivity contribution in [1.82, 2.24) is 19.9 Å². The second kappa shape index (κ2) is 8.29. The second-order valence-electron chi connectivity index (χ2n) is 8.52. The molecule has 0 saturated heterocycles. The molecule has 36 heavy (non-hydrogen) atoms. The van der Waals surface area contributed by atoms with E-state index in [-0.39, 0.29) is 0 Å². The molecule has 5 heterocycles. The first-order chi connectivity index (χ1) is 17.8. The van der Waals surface area contributed by atoms with Crippen LogP contribution in [0.15, 0.2) is 120 Å². The standard InChI is InChI=1S/C30H18N6/c1-3-8-21-16-33-26(14-19(21)6-1)28-23-18-31-13-11-24(23)35-30(29-25(36-28)10-5-12-32-29)27-15-20-7-2-4-9-22(20)17-34-27/h1-18H/b28-23?,30-29?,35-24?,35-30-,36-25?,36-28+. The van der Waals surface area contributed by atoms with Crippen LogP contribution in [-0.2, 0) is 0 Å². The summed E-state index contributed by atoms with van der Waals surface area (Å²) in [6.07, 6.45) is 9.03. The van der Waals surface area contributed by atoms with Crippen molar-refractivity contribution in [2.75, 3.05) is 0 Å². The van der Waals surface area contributed by atoms with Crippen LogP contribution in [0.5, 0.6) is 0 Å². The van der Waals surface area contributed by atoms with Gasteiger partial charge in [-0.2, -0.15) is 0 Å². The van der Waals surface area contributed by atoms with Gasteiger partial charge in [-0.05, 0) is 41.1 Å². The Morgan fingerprint density at radius 2 is 1.11 bits per heavy atom. The van der Waals surface area contributed by atoms with E-state index in [9.17, 15) is 0 Å². The first-order valence-electron chi connectivity index (χ1n) is 11.6. The molecule has 0 N–H and O–H groups in total. The third-order valence-electron chi connectivity index (χ3n) is 6.28. The van der Waals surface area contributed by atoms with E-state index in [1.54, 1.807) is 18.6 Å². The van der Waals surface area contributed by atoms with Gasteiger partial charge in [0.05, 0.1) is 22.8 Å². The predicted molar refractivity (Wildman–Crippen MR) is 143 cm³/mol. The molecule has 0 bridgehead atoms. The molecule has 6 nitrogen and oxygen atoms in total. The lowest BCUT2D eigenvalue weighted by Gasteiger charge is -2.16. The summed E-state index contributed by atoms with van der Waals surface area (Å²) < 4.78 is 0. The molecule has 0 unspecified atom stereocenters. The number of benzene rings is 2. The Labute approximate surface area is 206 Å². The summed E-state index contributed by atoms with van der Waals surface area (Å²) in [4.78, 5) is 28.8. The van der Waals surface area contributed by atoms with Gasteiger partial charge in [0.2, 0.25) is 0 Å². The molecule has 0 fully saturated rings. The summed E-state index contributed by atoms with van der Waals surface area (Å²) in [6, 6.07) is 26.1. The minimum atomic E-state index is 0.665. The van der Waals surface area contributed by atoms with E-state index in [1.165, 1.54) is 0 Å². The Kier molecular flexibility index (Phi) is 4.67. The lowest BCUT2D eigenvalue weighted by Crippen LogP contribution is -2.13. The Bertz CT molecular complexity index is 1720. The first kappa shape index (κ1) is 20.3. The third-order valence-corrected chi connectivity index (χ3v) is 6.28. The summed E-state index contributed by atoms with van der Waals surface area (Å²) >= 11 is 0. The van der Waals surface area contributed by atoms with Crippen molar-refractivity contribution >= 4 is 44.3 Å². The SMILES string of the molecule is c1cnc2c(c1)/N=C(/c1cc3ccccc3cn1)c1cnccc1/N=C\2c1cc2ccccc2cn1. The summed E-state index contributed by atoms with van der Waals surface area (Å²) in [5, 5.41) is 4.32. The zero-order chi connectivity index (χ0) is 23.9. The fourth-order valence-corrected chi connectivity index (χ4v) is 4.49. The molecular weight excluding hydrogens is 444 g/mol. The molecule has 6 heteroatoms. The topological polar surface area (TPSA) is 76.3 Å². The van der Waals surface area contributed by atoms with Crippen LogP contribution in [0, 0.1) is 0 Å². The van der Waals surface area contributed by atoms with Crippen molar-refractivity contribution in [3.8, 4) is 0 Å². The second-order valence-corrected chi connectivity index (χ2v) is 8.52. The maximum Gasteiger partial charge on any atom is 0.117 e. The lowest BCUT2D eigenvalue weighted by molar-refractivity contribution is 1.21. The number of aliphatic imine (C=N–C) groups is 2. The number of fused-ring (bicyclic) bond motifs is 4. The highest BCUT2D eigenvalue weighted by Gasteiger charge is 2.22. The highest BCUT2D eigenvalue weighted by molar-refractivity contribution is 6.21. The predicted octanol–water partition coefficient (Wildman–Crippen LogP) is 6.22. The van der Waals surface area contributed by atoms with Gasteiger partial charge in [0.1, 0.15) is 17.1 Å². The number of hydrogen-bond donors (Lipinski definition) is 0. The molecule has 1 aliphatic rings. The van der Waals surface area contributed by atoms with Gasteiger partial charge < -0.3 is 0 Å². The van der Waals surface area contributed by atoms with Gasteiger partial charge in [0, 0.05) is 47.3 Å². The molecule has 168 valence electrons. The molecule has 1 aliphatic heterocycles. The summed E-state index contributed by atoms with van der Waals surface area (Å²) in [7, 11) is 0. The number of hydrogen-bond acceptors (Lipinski definition) is 6. The van der Waals surface area contributed by atoms with Crippen LogP contribution in [0.1, 0.15) is 22.6 Å². The summed E-state index contributed by atoms with van der Waals surface area (Å²) in [5.41, 5.74) is 5.75. The number of aromatic nitrogens is 4. The number of pyridine rings is 4. The lowest BCUT2D eigenvalue weighted by atomic mass is 10.0. The Morgan fingerprint density at radius 1 is 0.472 bits per heavy atom.